The number of aryl methyl sites for hydroxylation is 1. The minimum Gasteiger partial charge on any atom is -0.338 e. The van der Waals surface area contributed by atoms with Crippen molar-refractivity contribution in [3.05, 3.63) is 65.6 Å². The van der Waals surface area contributed by atoms with Crippen LogP contribution in [0.4, 0.5) is 0 Å². The van der Waals surface area contributed by atoms with Gasteiger partial charge in [-0.1, -0.05) is 0 Å². The Kier molecular flexibility index (Phi) is 4.78. The maximum Gasteiger partial charge on any atom is 0.264 e. The van der Waals surface area contributed by atoms with Gasteiger partial charge in [0.15, 0.2) is 11.5 Å². The summed E-state index contributed by atoms with van der Waals surface area (Å²) >= 11 is 1.43. The quantitative estimate of drug-likeness (QED) is 0.409. The van der Waals surface area contributed by atoms with Crippen LogP contribution in [0.1, 0.15) is 29.1 Å². The summed E-state index contributed by atoms with van der Waals surface area (Å²) < 4.78 is 3.75. The van der Waals surface area contributed by atoms with Gasteiger partial charge in [-0.25, -0.2) is 14.5 Å². The number of carbonyl (C=O) groups is 1. The number of benzene rings is 1. The van der Waals surface area contributed by atoms with Gasteiger partial charge in [0, 0.05) is 36.7 Å². The van der Waals surface area contributed by atoms with Gasteiger partial charge in [-0.15, -0.1) is 16.4 Å². The van der Waals surface area contributed by atoms with Crippen molar-refractivity contribution in [3.8, 4) is 17.1 Å². The number of nitrogens with zero attached hydrogens (tertiary/aromatic N) is 6. The Labute approximate surface area is 183 Å². The molecule has 1 aromatic carbocycles. The number of hydrogen-bond acceptors (Lipinski definition) is 5. The number of rotatable bonds is 5. The van der Waals surface area contributed by atoms with Crippen LogP contribution in [0.2, 0.25) is 0 Å². The van der Waals surface area contributed by atoms with E-state index in [1.807, 2.05) is 74.5 Å². The van der Waals surface area contributed by atoms with E-state index in [2.05, 4.69) is 14.6 Å². The molecule has 0 N–H and O–H groups in total. The van der Waals surface area contributed by atoms with Crippen LogP contribution in [0.5, 0.6) is 0 Å². The largest absolute Gasteiger partial charge is 0.338 e. The van der Waals surface area contributed by atoms with Crippen molar-refractivity contribution < 1.29 is 4.79 Å². The van der Waals surface area contributed by atoms with Crippen molar-refractivity contribution in [3.63, 3.8) is 0 Å². The van der Waals surface area contributed by atoms with Crippen LogP contribution in [0.25, 0.3) is 32.9 Å². The molecule has 8 heteroatoms. The van der Waals surface area contributed by atoms with E-state index in [-0.39, 0.29) is 5.91 Å². The Bertz CT molecular complexity index is 1380. The molecular formula is C23H22N6OS. The third-order valence-corrected chi connectivity index (χ3v) is 6.73. The fraction of sp³-hybridized carbons (Fsp3) is 0.217. The fourth-order valence-corrected chi connectivity index (χ4v) is 4.92. The summed E-state index contributed by atoms with van der Waals surface area (Å²) in [5.41, 5.74) is 3.65. The smallest absolute Gasteiger partial charge is 0.264 e. The molecule has 0 atom stereocenters. The summed E-state index contributed by atoms with van der Waals surface area (Å²) in [5.74, 6) is 0.680. The summed E-state index contributed by atoms with van der Waals surface area (Å²) in [6, 6.07) is 12.1. The topological polar surface area (TPSA) is 68.3 Å². The minimum atomic E-state index is 0.0454. The number of amides is 1. The zero-order chi connectivity index (χ0) is 21.5. The molecule has 0 aliphatic rings. The fourth-order valence-electron chi connectivity index (χ4n) is 3.80. The second kappa shape index (κ2) is 7.63. The first-order valence-corrected chi connectivity index (χ1v) is 11.1. The summed E-state index contributed by atoms with van der Waals surface area (Å²) in [6.45, 7) is 7.32. The molecule has 0 saturated heterocycles. The normalized spacial score (nSPS) is 11.5. The molecule has 5 aromatic rings. The standard InChI is InChI=1S/C23H22N6OS/c1-4-27(5-2)23(30)19-15(3)18-21-25-20(26-29(21)14-24-22(18)31-19)16-8-10-17(11-9-16)28-12-6-7-13-28/h6-14H,4-5H2,1-3H3. The lowest BCUT2D eigenvalue weighted by atomic mass is 10.2. The van der Waals surface area contributed by atoms with Gasteiger partial charge in [0.25, 0.3) is 5.91 Å². The van der Waals surface area contributed by atoms with E-state index in [4.69, 9.17) is 4.98 Å². The van der Waals surface area contributed by atoms with Crippen LogP contribution >= 0.6 is 11.3 Å². The second-order valence-corrected chi connectivity index (χ2v) is 8.30. The number of hydrogen-bond donors (Lipinski definition) is 0. The molecule has 31 heavy (non-hydrogen) atoms. The average Bonchev–Trinajstić information content (AvgIpc) is 3.53. The average molecular weight is 431 g/mol. The number of fused-ring (bicyclic) bond motifs is 3. The van der Waals surface area contributed by atoms with Gasteiger partial charge in [0.05, 0.1) is 10.3 Å². The molecule has 0 aliphatic heterocycles. The van der Waals surface area contributed by atoms with E-state index in [0.717, 1.165) is 37.6 Å². The molecule has 0 aliphatic carbocycles. The van der Waals surface area contributed by atoms with Gasteiger partial charge in [0.2, 0.25) is 0 Å². The van der Waals surface area contributed by atoms with Gasteiger partial charge in [-0.2, -0.15) is 0 Å². The van der Waals surface area contributed by atoms with Crippen LogP contribution in [0, 0.1) is 6.92 Å². The highest BCUT2D eigenvalue weighted by Crippen LogP contribution is 2.33. The monoisotopic (exact) mass is 430 g/mol. The zero-order valence-corrected chi connectivity index (χ0v) is 18.4. The highest BCUT2D eigenvalue weighted by molar-refractivity contribution is 7.20. The van der Waals surface area contributed by atoms with E-state index >= 15 is 0 Å². The Balaban J connectivity index is 1.58. The van der Waals surface area contributed by atoms with Crippen LogP contribution in [-0.2, 0) is 0 Å². The molecular weight excluding hydrogens is 408 g/mol. The molecule has 156 valence electrons. The molecule has 7 nitrogen and oxygen atoms in total. The maximum absolute atomic E-state index is 13.0. The molecule has 0 fully saturated rings. The summed E-state index contributed by atoms with van der Waals surface area (Å²) in [5, 5.41) is 5.53. The second-order valence-electron chi connectivity index (χ2n) is 7.30. The number of aromatic nitrogens is 5. The van der Waals surface area contributed by atoms with Gasteiger partial charge in [-0.05, 0) is 62.7 Å². The Morgan fingerprint density at radius 3 is 2.48 bits per heavy atom. The Hall–Kier alpha value is -3.52. The third-order valence-electron chi connectivity index (χ3n) is 5.54. The van der Waals surface area contributed by atoms with Crippen molar-refractivity contribution in [2.75, 3.05) is 13.1 Å². The zero-order valence-electron chi connectivity index (χ0n) is 17.6. The molecule has 0 bridgehead atoms. The van der Waals surface area contributed by atoms with E-state index in [9.17, 15) is 4.79 Å². The predicted octanol–water partition coefficient (Wildman–Crippen LogP) is 4.59. The highest BCUT2D eigenvalue weighted by Gasteiger charge is 2.23. The van der Waals surface area contributed by atoms with E-state index in [1.54, 1.807) is 10.8 Å². The minimum absolute atomic E-state index is 0.0454. The van der Waals surface area contributed by atoms with Gasteiger partial charge < -0.3 is 9.47 Å². The number of carbonyl (C=O) groups excluding carboxylic acids is 1. The lowest BCUT2D eigenvalue weighted by Gasteiger charge is -2.17. The van der Waals surface area contributed by atoms with Crippen LogP contribution < -0.4 is 0 Å². The summed E-state index contributed by atoms with van der Waals surface area (Å²) in [7, 11) is 0. The van der Waals surface area contributed by atoms with Crippen LogP contribution in [0.15, 0.2) is 55.1 Å². The van der Waals surface area contributed by atoms with Crippen molar-refractivity contribution in [2.24, 2.45) is 0 Å². The molecule has 0 radical (unpaired) electrons. The van der Waals surface area contributed by atoms with Gasteiger partial charge >= 0.3 is 0 Å². The van der Waals surface area contributed by atoms with Crippen molar-refractivity contribution in [1.82, 2.24) is 29.0 Å². The SMILES string of the molecule is CCN(CC)C(=O)c1sc2ncn3nc(-c4ccc(-n5cccc5)cc4)nc3c2c1C. The lowest BCUT2D eigenvalue weighted by Crippen LogP contribution is -2.30. The highest BCUT2D eigenvalue weighted by atomic mass is 32.1. The van der Waals surface area contributed by atoms with Crippen molar-refractivity contribution >= 4 is 33.1 Å². The molecule has 0 spiro atoms. The predicted molar refractivity (Wildman–Crippen MR) is 123 cm³/mol. The maximum atomic E-state index is 13.0. The van der Waals surface area contributed by atoms with Crippen molar-refractivity contribution in [1.29, 1.82) is 0 Å². The van der Waals surface area contributed by atoms with Gasteiger partial charge in [0.1, 0.15) is 11.2 Å². The van der Waals surface area contributed by atoms with E-state index in [1.165, 1.54) is 11.3 Å². The molecule has 0 unspecified atom stereocenters. The van der Waals surface area contributed by atoms with Crippen molar-refractivity contribution in [2.45, 2.75) is 20.8 Å². The van der Waals surface area contributed by atoms with E-state index < -0.39 is 0 Å². The van der Waals surface area contributed by atoms with Crippen LogP contribution in [0.3, 0.4) is 0 Å². The summed E-state index contributed by atoms with van der Waals surface area (Å²) in [4.78, 5) is 25.7. The van der Waals surface area contributed by atoms with Crippen LogP contribution in [-0.4, -0.2) is 48.0 Å². The Morgan fingerprint density at radius 1 is 1.10 bits per heavy atom. The molecule has 4 heterocycles. The molecule has 1 amide bonds. The lowest BCUT2D eigenvalue weighted by molar-refractivity contribution is 0.0777. The van der Waals surface area contributed by atoms with Gasteiger partial charge in [-0.3, -0.25) is 4.79 Å². The first-order valence-electron chi connectivity index (χ1n) is 10.3. The molecule has 4 aromatic heterocycles. The molecule has 0 saturated carbocycles. The molecule has 5 rings (SSSR count). The first-order chi connectivity index (χ1) is 15.1. The third kappa shape index (κ3) is 3.19. The van der Waals surface area contributed by atoms with E-state index in [0.29, 0.717) is 18.9 Å². The number of thiophene rings is 1. The first kappa shape index (κ1) is 19.4. The Morgan fingerprint density at radius 2 is 1.81 bits per heavy atom. The summed E-state index contributed by atoms with van der Waals surface area (Å²) in [6.07, 6.45) is 5.69.